The van der Waals surface area contributed by atoms with Crippen LogP contribution in [0, 0.1) is 24.9 Å². The van der Waals surface area contributed by atoms with Crippen molar-refractivity contribution < 1.29 is 14.3 Å². The van der Waals surface area contributed by atoms with Gasteiger partial charge in [-0.25, -0.2) is 0 Å². The second-order valence-corrected chi connectivity index (χ2v) is 3.36. The van der Waals surface area contributed by atoms with Crippen molar-refractivity contribution in [1.29, 1.82) is 0 Å². The molecule has 0 radical (unpaired) electrons. The summed E-state index contributed by atoms with van der Waals surface area (Å²) in [7, 11) is 0. The van der Waals surface area contributed by atoms with Gasteiger partial charge in [0.1, 0.15) is 19.3 Å². The third kappa shape index (κ3) is 5.74. The summed E-state index contributed by atoms with van der Waals surface area (Å²) < 4.78 is 9.98. The summed E-state index contributed by atoms with van der Waals surface area (Å²) in [6.07, 6.45) is 13.2. The average Bonchev–Trinajstić information content (AvgIpc) is 2.27. The van der Waals surface area contributed by atoms with Crippen LogP contribution in [0.3, 0.4) is 0 Å². The summed E-state index contributed by atoms with van der Waals surface area (Å²) in [5.74, 6) is 2.00. The van der Waals surface area contributed by atoms with Gasteiger partial charge in [-0.1, -0.05) is 18.9 Å². The van der Waals surface area contributed by atoms with E-state index in [2.05, 4.69) is 17.8 Å². The SMILES string of the molecule is C#CCOCC(C)(COC#C)NC(=O)C=C. The lowest BCUT2D eigenvalue weighted by molar-refractivity contribution is -0.119. The molecule has 0 saturated heterocycles. The molecule has 0 aromatic carbocycles. The fourth-order valence-electron chi connectivity index (χ4n) is 0.998. The maximum absolute atomic E-state index is 11.2. The Labute approximate surface area is 96.0 Å². The lowest BCUT2D eigenvalue weighted by Crippen LogP contribution is -2.52. The molecule has 0 aliphatic heterocycles. The highest BCUT2D eigenvalue weighted by atomic mass is 16.5. The number of terminal acetylenes is 2. The standard InChI is InChI=1S/C12H15NO3/c1-5-8-16-10-12(4,9-15-7-3)13-11(14)6-2/h1,3,6H,2,8-10H2,4H3,(H,13,14). The molecule has 0 saturated carbocycles. The van der Waals surface area contributed by atoms with Crippen LogP contribution in [0.4, 0.5) is 0 Å². The zero-order valence-corrected chi connectivity index (χ0v) is 9.29. The van der Waals surface area contributed by atoms with E-state index in [0.717, 1.165) is 6.08 Å². The van der Waals surface area contributed by atoms with Crippen LogP contribution in [0.25, 0.3) is 0 Å². The van der Waals surface area contributed by atoms with Crippen molar-refractivity contribution in [2.45, 2.75) is 12.5 Å². The Morgan fingerprint density at radius 2 is 2.25 bits per heavy atom. The molecule has 0 aliphatic rings. The maximum atomic E-state index is 11.2. The van der Waals surface area contributed by atoms with Crippen molar-refractivity contribution in [1.82, 2.24) is 5.32 Å². The summed E-state index contributed by atoms with van der Waals surface area (Å²) in [6, 6.07) is 0. The minimum atomic E-state index is -0.728. The molecule has 1 N–H and O–H groups in total. The van der Waals surface area contributed by atoms with E-state index in [0.29, 0.717) is 0 Å². The molecule has 0 aromatic heterocycles. The average molecular weight is 221 g/mol. The van der Waals surface area contributed by atoms with Crippen LogP contribution >= 0.6 is 0 Å². The monoisotopic (exact) mass is 221 g/mol. The molecular formula is C12H15NO3. The highest BCUT2D eigenvalue weighted by Crippen LogP contribution is 2.05. The number of carbonyl (C=O) groups excluding carboxylic acids is 1. The van der Waals surface area contributed by atoms with Crippen LogP contribution in [0.5, 0.6) is 0 Å². The normalized spacial score (nSPS) is 12.7. The summed E-state index contributed by atoms with van der Waals surface area (Å²) in [5, 5.41) is 2.67. The first kappa shape index (κ1) is 14.1. The lowest BCUT2D eigenvalue weighted by Gasteiger charge is -2.28. The van der Waals surface area contributed by atoms with Crippen molar-refractivity contribution in [2.75, 3.05) is 19.8 Å². The van der Waals surface area contributed by atoms with E-state index >= 15 is 0 Å². The second kappa shape index (κ2) is 7.39. The van der Waals surface area contributed by atoms with E-state index < -0.39 is 5.54 Å². The van der Waals surface area contributed by atoms with E-state index in [9.17, 15) is 4.79 Å². The number of hydrogen-bond donors (Lipinski definition) is 1. The molecule has 86 valence electrons. The summed E-state index contributed by atoms with van der Waals surface area (Å²) >= 11 is 0. The largest absolute Gasteiger partial charge is 0.444 e. The molecule has 4 nitrogen and oxygen atoms in total. The van der Waals surface area contributed by atoms with E-state index in [1.807, 2.05) is 6.11 Å². The van der Waals surface area contributed by atoms with Crippen LogP contribution in [0.2, 0.25) is 0 Å². The van der Waals surface area contributed by atoms with E-state index in [4.69, 9.17) is 22.3 Å². The zero-order chi connectivity index (χ0) is 12.4. The molecule has 16 heavy (non-hydrogen) atoms. The number of amides is 1. The van der Waals surface area contributed by atoms with Gasteiger partial charge in [0.05, 0.1) is 12.1 Å². The first-order valence-electron chi connectivity index (χ1n) is 4.61. The Morgan fingerprint density at radius 1 is 1.56 bits per heavy atom. The molecule has 1 amide bonds. The number of rotatable bonds is 7. The molecule has 0 aromatic rings. The van der Waals surface area contributed by atoms with Crippen LogP contribution < -0.4 is 5.32 Å². The van der Waals surface area contributed by atoms with Crippen molar-refractivity contribution >= 4 is 5.91 Å². The van der Waals surface area contributed by atoms with Gasteiger partial charge in [-0.15, -0.1) is 6.42 Å². The quantitative estimate of drug-likeness (QED) is 0.382. The van der Waals surface area contributed by atoms with Crippen molar-refractivity contribution in [2.24, 2.45) is 0 Å². The maximum Gasteiger partial charge on any atom is 0.244 e. The molecule has 0 rings (SSSR count). The van der Waals surface area contributed by atoms with Gasteiger partial charge < -0.3 is 14.8 Å². The van der Waals surface area contributed by atoms with Crippen LogP contribution in [0.1, 0.15) is 6.92 Å². The first-order valence-corrected chi connectivity index (χ1v) is 4.61. The van der Waals surface area contributed by atoms with Gasteiger partial charge in [-0.05, 0) is 13.0 Å². The predicted octanol–water partition coefficient (Wildman–Crippen LogP) is 0.304. The van der Waals surface area contributed by atoms with Gasteiger partial charge in [0, 0.05) is 0 Å². The minimum Gasteiger partial charge on any atom is -0.444 e. The van der Waals surface area contributed by atoms with Crippen molar-refractivity contribution in [3.8, 4) is 24.9 Å². The molecule has 0 heterocycles. The number of nitrogens with one attached hydrogen (secondary N) is 1. The molecule has 0 spiro atoms. The number of ether oxygens (including phenoxy) is 2. The Balaban J connectivity index is 4.36. The number of carbonyl (C=O) groups is 1. The van der Waals surface area contributed by atoms with Crippen LogP contribution in [0.15, 0.2) is 12.7 Å². The van der Waals surface area contributed by atoms with Crippen LogP contribution in [-0.4, -0.2) is 31.3 Å². The molecule has 4 heteroatoms. The molecule has 0 bridgehead atoms. The summed E-state index contributed by atoms with van der Waals surface area (Å²) in [6.45, 7) is 5.60. The molecule has 0 aliphatic carbocycles. The minimum absolute atomic E-state index is 0.133. The van der Waals surface area contributed by atoms with E-state index in [1.165, 1.54) is 0 Å². The van der Waals surface area contributed by atoms with Gasteiger partial charge in [-0.3, -0.25) is 4.79 Å². The first-order chi connectivity index (χ1) is 7.58. The van der Waals surface area contributed by atoms with Gasteiger partial charge in [-0.2, -0.15) is 0 Å². The zero-order valence-electron chi connectivity index (χ0n) is 9.29. The van der Waals surface area contributed by atoms with Gasteiger partial charge in [0.25, 0.3) is 0 Å². The predicted molar refractivity (Wildman–Crippen MR) is 61.2 cm³/mol. The highest BCUT2D eigenvalue weighted by Gasteiger charge is 2.26. The Morgan fingerprint density at radius 3 is 2.75 bits per heavy atom. The topological polar surface area (TPSA) is 47.6 Å². The highest BCUT2D eigenvalue weighted by molar-refractivity contribution is 5.87. The summed E-state index contributed by atoms with van der Waals surface area (Å²) in [5.41, 5.74) is -0.728. The fourth-order valence-corrected chi connectivity index (χ4v) is 0.998. The van der Waals surface area contributed by atoms with E-state index in [1.54, 1.807) is 6.92 Å². The summed E-state index contributed by atoms with van der Waals surface area (Å²) in [4.78, 5) is 11.2. The second-order valence-electron chi connectivity index (χ2n) is 3.36. The Bertz CT molecular complexity index is 324. The molecular weight excluding hydrogens is 206 g/mol. The molecule has 0 fully saturated rings. The Hall–Kier alpha value is -1.91. The third-order valence-electron chi connectivity index (χ3n) is 1.69. The van der Waals surface area contributed by atoms with Gasteiger partial charge in [0.15, 0.2) is 0 Å². The van der Waals surface area contributed by atoms with Crippen LogP contribution in [-0.2, 0) is 14.3 Å². The van der Waals surface area contributed by atoms with Gasteiger partial charge >= 0.3 is 0 Å². The van der Waals surface area contributed by atoms with Crippen molar-refractivity contribution in [3.05, 3.63) is 12.7 Å². The Kier molecular flexibility index (Phi) is 6.51. The van der Waals surface area contributed by atoms with Crippen molar-refractivity contribution in [3.63, 3.8) is 0 Å². The van der Waals surface area contributed by atoms with E-state index in [-0.39, 0.29) is 25.7 Å². The third-order valence-corrected chi connectivity index (χ3v) is 1.69. The smallest absolute Gasteiger partial charge is 0.244 e. The molecule has 1 unspecified atom stereocenters. The van der Waals surface area contributed by atoms with Gasteiger partial charge in [0.2, 0.25) is 5.91 Å². The lowest BCUT2D eigenvalue weighted by atomic mass is 10.1. The fraction of sp³-hybridized carbons (Fsp3) is 0.417. The number of hydrogen-bond acceptors (Lipinski definition) is 3. The molecule has 1 atom stereocenters.